The molecule has 7 heteroatoms. The summed E-state index contributed by atoms with van der Waals surface area (Å²) in [5.74, 6) is -0.336. The van der Waals surface area contributed by atoms with Gasteiger partial charge in [-0.05, 0) is 54.5 Å². The SMILES string of the molecule is O=C(/C=C/c1cccc(C(F)(F)F)c1)NCCCN1c2ccccc2Sc2ccccc21. The first-order valence-corrected chi connectivity index (χ1v) is 11.0. The minimum absolute atomic E-state index is 0.328. The van der Waals surface area contributed by atoms with E-state index in [4.69, 9.17) is 0 Å². The van der Waals surface area contributed by atoms with Gasteiger partial charge in [-0.3, -0.25) is 4.79 Å². The molecule has 0 radical (unpaired) electrons. The van der Waals surface area contributed by atoms with Gasteiger partial charge >= 0.3 is 6.18 Å². The summed E-state index contributed by atoms with van der Waals surface area (Å²) < 4.78 is 38.4. The molecule has 3 aromatic carbocycles. The number of hydrogen-bond donors (Lipinski definition) is 1. The van der Waals surface area contributed by atoms with Gasteiger partial charge in [-0.1, -0.05) is 48.2 Å². The Bertz CT molecular complexity index is 1100. The number of carbonyl (C=O) groups is 1. The highest BCUT2D eigenvalue weighted by Gasteiger charge is 2.30. The Balaban J connectivity index is 1.33. The molecule has 1 aliphatic heterocycles. The smallest absolute Gasteiger partial charge is 0.352 e. The van der Waals surface area contributed by atoms with Crippen LogP contribution in [0.15, 0.2) is 88.7 Å². The van der Waals surface area contributed by atoms with Crippen LogP contribution in [0.4, 0.5) is 24.5 Å². The van der Waals surface area contributed by atoms with Crippen LogP contribution in [0.3, 0.4) is 0 Å². The number of nitrogens with one attached hydrogen (secondary N) is 1. The molecule has 0 spiro atoms. The standard InChI is InChI=1S/C25H21F3N2OS/c26-25(27,28)19-8-5-7-18(17-19)13-14-24(31)29-15-6-16-30-20-9-1-3-11-22(20)32-23-12-4-2-10-21(23)30/h1-5,7-14,17H,6,15-16H2,(H,29,31)/b14-13+. The van der Waals surface area contributed by atoms with E-state index in [2.05, 4.69) is 34.5 Å². The number of nitrogens with zero attached hydrogens (tertiary/aromatic N) is 1. The van der Waals surface area contributed by atoms with Crippen LogP contribution in [-0.4, -0.2) is 19.0 Å². The van der Waals surface area contributed by atoms with Gasteiger partial charge in [0.25, 0.3) is 0 Å². The van der Waals surface area contributed by atoms with Gasteiger partial charge in [-0.25, -0.2) is 0 Å². The summed E-state index contributed by atoms with van der Waals surface area (Å²) in [5.41, 5.74) is 1.88. The van der Waals surface area contributed by atoms with Crippen molar-refractivity contribution in [2.45, 2.75) is 22.4 Å². The van der Waals surface area contributed by atoms with Crippen LogP contribution >= 0.6 is 11.8 Å². The Labute approximate surface area is 188 Å². The van der Waals surface area contributed by atoms with E-state index < -0.39 is 11.7 Å². The number of rotatable bonds is 6. The van der Waals surface area contributed by atoms with Gasteiger partial charge in [0.15, 0.2) is 0 Å². The van der Waals surface area contributed by atoms with Crippen molar-refractivity contribution < 1.29 is 18.0 Å². The van der Waals surface area contributed by atoms with Gasteiger partial charge in [0.05, 0.1) is 16.9 Å². The highest BCUT2D eigenvalue weighted by Crippen LogP contribution is 2.47. The Kier molecular flexibility index (Phi) is 6.55. The number of fused-ring (bicyclic) bond motifs is 2. The zero-order valence-corrected chi connectivity index (χ0v) is 17.9. The van der Waals surface area contributed by atoms with Gasteiger partial charge in [0.2, 0.25) is 5.91 Å². The predicted octanol–water partition coefficient (Wildman–Crippen LogP) is 6.53. The fourth-order valence-corrected chi connectivity index (χ4v) is 4.62. The van der Waals surface area contributed by atoms with Crippen LogP contribution in [0.25, 0.3) is 6.08 Å². The maximum atomic E-state index is 12.8. The van der Waals surface area contributed by atoms with E-state index in [1.807, 2.05) is 24.3 Å². The summed E-state index contributed by atoms with van der Waals surface area (Å²) in [5, 5.41) is 2.81. The number of hydrogen-bond acceptors (Lipinski definition) is 3. The van der Waals surface area contributed by atoms with Crippen LogP contribution in [0.2, 0.25) is 0 Å². The lowest BCUT2D eigenvalue weighted by Crippen LogP contribution is -2.28. The number of alkyl halides is 3. The molecule has 0 saturated carbocycles. The van der Waals surface area contributed by atoms with Crippen LogP contribution in [-0.2, 0) is 11.0 Å². The highest BCUT2D eigenvalue weighted by molar-refractivity contribution is 7.99. The van der Waals surface area contributed by atoms with E-state index in [1.165, 1.54) is 34.1 Å². The summed E-state index contributed by atoms with van der Waals surface area (Å²) >= 11 is 1.75. The van der Waals surface area contributed by atoms with Crippen LogP contribution in [0, 0.1) is 0 Å². The third kappa shape index (κ3) is 5.16. The van der Waals surface area contributed by atoms with E-state index in [9.17, 15) is 18.0 Å². The Hall–Kier alpha value is -3.19. The van der Waals surface area contributed by atoms with E-state index in [0.29, 0.717) is 12.1 Å². The molecule has 1 aliphatic rings. The molecule has 164 valence electrons. The van der Waals surface area contributed by atoms with Gasteiger partial charge in [0, 0.05) is 29.0 Å². The van der Waals surface area contributed by atoms with Crippen LogP contribution in [0.5, 0.6) is 0 Å². The molecule has 0 aliphatic carbocycles. The van der Waals surface area contributed by atoms with Gasteiger partial charge in [0.1, 0.15) is 0 Å². The fourth-order valence-electron chi connectivity index (χ4n) is 3.52. The maximum Gasteiger partial charge on any atom is 0.416 e. The Morgan fingerprint density at radius 3 is 2.25 bits per heavy atom. The molecule has 0 bridgehead atoms. The molecule has 1 heterocycles. The molecule has 4 rings (SSSR count). The number of benzene rings is 3. The summed E-state index contributed by atoms with van der Waals surface area (Å²) in [7, 11) is 0. The van der Waals surface area contributed by atoms with Crippen LogP contribution < -0.4 is 10.2 Å². The minimum atomic E-state index is -4.41. The van der Waals surface area contributed by atoms with Crippen molar-refractivity contribution in [3.05, 3.63) is 90.0 Å². The van der Waals surface area contributed by atoms with Gasteiger partial charge in [-0.15, -0.1) is 0 Å². The van der Waals surface area contributed by atoms with E-state index in [1.54, 1.807) is 11.8 Å². The number of amides is 1. The third-order valence-electron chi connectivity index (χ3n) is 5.03. The second-order valence-corrected chi connectivity index (χ2v) is 8.37. The van der Waals surface area contributed by atoms with Crippen LogP contribution in [0.1, 0.15) is 17.5 Å². The summed E-state index contributed by atoms with van der Waals surface area (Å²) in [6.07, 6.45) is -1.04. The van der Waals surface area contributed by atoms with E-state index in [-0.39, 0.29) is 5.91 Å². The average Bonchev–Trinajstić information content (AvgIpc) is 2.79. The lowest BCUT2D eigenvalue weighted by molar-refractivity contribution is -0.137. The number of anilines is 2. The molecule has 1 amide bonds. The topological polar surface area (TPSA) is 32.3 Å². The zero-order chi connectivity index (χ0) is 22.6. The monoisotopic (exact) mass is 454 g/mol. The second kappa shape index (κ2) is 9.53. The molecule has 0 atom stereocenters. The lowest BCUT2D eigenvalue weighted by Gasteiger charge is -2.32. The normalized spacial score (nSPS) is 13.0. The van der Waals surface area contributed by atoms with E-state index >= 15 is 0 Å². The fraction of sp³-hybridized carbons (Fsp3) is 0.160. The molecule has 3 aromatic rings. The van der Waals surface area contributed by atoms with Crippen molar-refractivity contribution >= 4 is 35.1 Å². The van der Waals surface area contributed by atoms with Crippen molar-refractivity contribution in [1.29, 1.82) is 0 Å². The lowest BCUT2D eigenvalue weighted by atomic mass is 10.1. The molecule has 3 nitrogen and oxygen atoms in total. The molecule has 0 aromatic heterocycles. The average molecular weight is 455 g/mol. The highest BCUT2D eigenvalue weighted by atomic mass is 32.2. The second-order valence-electron chi connectivity index (χ2n) is 7.29. The molecule has 1 N–H and O–H groups in total. The summed E-state index contributed by atoms with van der Waals surface area (Å²) in [6.45, 7) is 1.19. The summed E-state index contributed by atoms with van der Waals surface area (Å²) in [6, 6.07) is 21.3. The van der Waals surface area contributed by atoms with Crippen molar-refractivity contribution in [3.63, 3.8) is 0 Å². The number of halogens is 3. The van der Waals surface area contributed by atoms with Crippen molar-refractivity contribution in [2.24, 2.45) is 0 Å². The van der Waals surface area contributed by atoms with Crippen molar-refractivity contribution in [2.75, 3.05) is 18.0 Å². The molecular formula is C25H21F3N2OS. The third-order valence-corrected chi connectivity index (χ3v) is 6.16. The molecule has 0 saturated heterocycles. The first-order valence-electron chi connectivity index (χ1n) is 10.2. The molecule has 0 fully saturated rings. The van der Waals surface area contributed by atoms with Crippen molar-refractivity contribution in [1.82, 2.24) is 5.32 Å². The molecule has 32 heavy (non-hydrogen) atoms. The molecular weight excluding hydrogens is 433 g/mol. The first-order chi connectivity index (χ1) is 15.4. The minimum Gasteiger partial charge on any atom is -0.352 e. The predicted molar refractivity (Wildman–Crippen MR) is 122 cm³/mol. The van der Waals surface area contributed by atoms with E-state index in [0.717, 1.165) is 36.5 Å². The Morgan fingerprint density at radius 2 is 1.59 bits per heavy atom. The number of carbonyl (C=O) groups excluding carboxylic acids is 1. The first kappa shape index (κ1) is 22.0. The largest absolute Gasteiger partial charge is 0.416 e. The zero-order valence-electron chi connectivity index (χ0n) is 17.1. The number of para-hydroxylation sites is 2. The molecule has 0 unspecified atom stereocenters. The van der Waals surface area contributed by atoms with Crippen molar-refractivity contribution in [3.8, 4) is 0 Å². The van der Waals surface area contributed by atoms with Gasteiger partial charge in [-0.2, -0.15) is 13.2 Å². The van der Waals surface area contributed by atoms with Gasteiger partial charge < -0.3 is 10.2 Å². The summed E-state index contributed by atoms with van der Waals surface area (Å²) in [4.78, 5) is 16.8. The quantitative estimate of drug-likeness (QED) is 0.340. The Morgan fingerprint density at radius 1 is 0.938 bits per heavy atom. The maximum absolute atomic E-state index is 12.8.